The molecule has 5 atom stereocenters. The third-order valence-electron chi connectivity index (χ3n) is 12.1. The minimum Gasteiger partial charge on any atom is -0.497 e. The molecule has 3 aliphatic heterocycles. The van der Waals surface area contributed by atoms with Crippen LogP contribution in [0.5, 0.6) is 11.5 Å². The Labute approximate surface area is 323 Å². The number of nitrogens with zero attached hydrogens (tertiary/aromatic N) is 2. The number of aryl methyl sites for hydroxylation is 2. The molecule has 2 aromatic rings. The molecule has 3 amide bonds. The SMILES string of the molecule is COc1ccc2nc(C)c3c(c2c1)CC[C@]1(C[C@H]2C(=O)N[C@]4(C(=O)NS(=O)(=O)C5(C)CC5)C[C@H]4/C=C\CCCCCC(CC(=O)OC(C)(C)C)C(=O)N2C1)O3. The molecule has 14 heteroatoms. The molecule has 298 valence electrons. The minimum absolute atomic E-state index is 0.0824. The predicted molar refractivity (Wildman–Crippen MR) is 205 cm³/mol. The van der Waals surface area contributed by atoms with E-state index in [1.54, 1.807) is 34.8 Å². The molecule has 2 N–H and O–H groups in total. The summed E-state index contributed by atoms with van der Waals surface area (Å²) in [5, 5.41) is 3.87. The van der Waals surface area contributed by atoms with Gasteiger partial charge in [-0.25, -0.2) is 13.4 Å². The highest BCUT2D eigenvalue weighted by molar-refractivity contribution is 7.91. The van der Waals surface area contributed by atoms with E-state index in [0.29, 0.717) is 55.7 Å². The highest BCUT2D eigenvalue weighted by atomic mass is 32.2. The average molecular weight is 779 g/mol. The van der Waals surface area contributed by atoms with Crippen molar-refractivity contribution >= 4 is 44.6 Å². The smallest absolute Gasteiger partial charge is 0.307 e. The van der Waals surface area contributed by atoms with Gasteiger partial charge in [-0.05, 0) is 104 Å². The zero-order chi connectivity index (χ0) is 39.6. The summed E-state index contributed by atoms with van der Waals surface area (Å²) in [6.07, 6.45) is 9.56. The van der Waals surface area contributed by atoms with Crippen LogP contribution < -0.4 is 19.5 Å². The number of hydrogen-bond donors (Lipinski definition) is 2. The van der Waals surface area contributed by atoms with Crippen LogP contribution in [0.15, 0.2) is 30.4 Å². The molecule has 0 radical (unpaired) electrons. The van der Waals surface area contributed by atoms with Gasteiger partial charge < -0.3 is 24.4 Å². The van der Waals surface area contributed by atoms with Crippen LogP contribution >= 0.6 is 0 Å². The number of esters is 1. The number of rotatable bonds is 6. The lowest BCUT2D eigenvalue weighted by atomic mass is 9.87. The van der Waals surface area contributed by atoms with E-state index in [2.05, 4.69) is 10.0 Å². The summed E-state index contributed by atoms with van der Waals surface area (Å²) < 4.78 is 45.8. The molecular formula is C41H54N4O9S. The van der Waals surface area contributed by atoms with Crippen LogP contribution in [0.2, 0.25) is 0 Å². The van der Waals surface area contributed by atoms with E-state index < -0.39 is 67.2 Å². The summed E-state index contributed by atoms with van der Waals surface area (Å²) in [7, 11) is -2.37. The van der Waals surface area contributed by atoms with Crippen molar-refractivity contribution in [2.45, 2.75) is 139 Å². The third kappa shape index (κ3) is 7.67. The number of fused-ring (bicyclic) bond motifs is 5. The number of sulfonamides is 1. The number of benzene rings is 1. The van der Waals surface area contributed by atoms with Crippen LogP contribution in [0.4, 0.5) is 0 Å². The van der Waals surface area contributed by atoms with E-state index in [4.69, 9.17) is 19.2 Å². The lowest BCUT2D eigenvalue weighted by molar-refractivity contribution is -0.159. The van der Waals surface area contributed by atoms with Crippen molar-refractivity contribution in [1.82, 2.24) is 19.9 Å². The Bertz CT molecular complexity index is 2060. The Kier molecular flexibility index (Phi) is 9.99. The Morgan fingerprint density at radius 1 is 1.11 bits per heavy atom. The van der Waals surface area contributed by atoms with Gasteiger partial charge in [0, 0.05) is 29.2 Å². The molecule has 2 saturated carbocycles. The summed E-state index contributed by atoms with van der Waals surface area (Å²) >= 11 is 0. The molecule has 3 fully saturated rings. The fourth-order valence-electron chi connectivity index (χ4n) is 8.51. The highest BCUT2D eigenvalue weighted by Crippen LogP contribution is 2.49. The van der Waals surface area contributed by atoms with Gasteiger partial charge in [-0.1, -0.05) is 25.0 Å². The number of nitrogens with one attached hydrogen (secondary N) is 2. The van der Waals surface area contributed by atoms with Crippen LogP contribution in [0.1, 0.15) is 110 Å². The van der Waals surface area contributed by atoms with Crippen molar-refractivity contribution in [2.24, 2.45) is 11.8 Å². The fourth-order valence-corrected chi connectivity index (χ4v) is 9.83. The van der Waals surface area contributed by atoms with E-state index in [1.165, 1.54) is 4.90 Å². The molecule has 1 unspecified atom stereocenters. The standard InChI is InChI=1S/C41H54N4O9S/c1-25-34-29(30-21-28(52-6)14-15-31(30)42-25)16-17-40(54-34)23-32-35(47)43-41(37(49)44-55(50,51)39(5)18-19-39)22-27(41)13-11-9-7-8-10-12-26(36(48)45(32)24-40)20-33(46)53-38(2,3)4/h11,13-15,21,26-27,32H,7-10,12,16-20,22-24H2,1-6H3,(H,43,47)(H,44,49)/b13-11-/t26?,27-,32+,40-,41-/m1/s1. The first-order valence-electron chi connectivity index (χ1n) is 19.6. The quantitative estimate of drug-likeness (QED) is 0.302. The van der Waals surface area contributed by atoms with Crippen molar-refractivity contribution in [2.75, 3.05) is 13.7 Å². The predicted octanol–water partition coefficient (Wildman–Crippen LogP) is 4.96. The number of methoxy groups -OCH3 is 1. The molecule has 7 rings (SSSR count). The van der Waals surface area contributed by atoms with Crippen LogP contribution in [-0.2, 0) is 40.4 Å². The van der Waals surface area contributed by atoms with Gasteiger partial charge in [-0.15, -0.1) is 0 Å². The minimum atomic E-state index is -3.98. The Hall–Kier alpha value is -4.20. The van der Waals surface area contributed by atoms with Gasteiger partial charge in [0.25, 0.3) is 5.91 Å². The van der Waals surface area contributed by atoms with E-state index >= 15 is 0 Å². The van der Waals surface area contributed by atoms with Crippen LogP contribution in [0, 0.1) is 18.8 Å². The highest BCUT2D eigenvalue weighted by Gasteiger charge is 2.64. The number of hydrogen-bond acceptors (Lipinski definition) is 10. The number of ether oxygens (including phenoxy) is 3. The molecule has 1 aromatic carbocycles. The molecule has 2 aliphatic carbocycles. The first-order valence-corrected chi connectivity index (χ1v) is 21.1. The van der Waals surface area contributed by atoms with Gasteiger partial charge in [0.15, 0.2) is 0 Å². The number of aromatic nitrogens is 1. The lowest BCUT2D eigenvalue weighted by Crippen LogP contribution is -2.57. The number of carbonyl (C=O) groups excluding carboxylic acids is 4. The first kappa shape index (κ1) is 39.1. The van der Waals surface area contributed by atoms with E-state index in [1.807, 2.05) is 37.3 Å². The number of allylic oxidation sites excluding steroid dienone is 1. The zero-order valence-electron chi connectivity index (χ0n) is 32.8. The van der Waals surface area contributed by atoms with Crippen molar-refractivity contribution in [3.05, 3.63) is 41.6 Å². The maximum Gasteiger partial charge on any atom is 0.307 e. The molecule has 1 spiro atoms. The van der Waals surface area contributed by atoms with E-state index in [9.17, 15) is 27.6 Å². The van der Waals surface area contributed by atoms with Crippen molar-refractivity contribution in [3.8, 4) is 11.5 Å². The second kappa shape index (κ2) is 14.1. The van der Waals surface area contributed by atoms with Crippen LogP contribution in [0.25, 0.3) is 10.9 Å². The Balaban J connectivity index is 1.24. The number of pyridine rings is 1. The molecule has 4 heterocycles. The molecule has 13 nitrogen and oxygen atoms in total. The van der Waals surface area contributed by atoms with E-state index in [0.717, 1.165) is 35.7 Å². The lowest BCUT2D eigenvalue weighted by Gasteiger charge is -2.36. The molecular weight excluding hydrogens is 725 g/mol. The van der Waals surface area contributed by atoms with Gasteiger partial charge in [-0.3, -0.25) is 23.9 Å². The van der Waals surface area contributed by atoms with Gasteiger partial charge in [0.2, 0.25) is 21.8 Å². The maximum atomic E-state index is 14.8. The molecule has 0 bridgehead atoms. The monoisotopic (exact) mass is 778 g/mol. The van der Waals surface area contributed by atoms with Gasteiger partial charge in [-0.2, -0.15) is 0 Å². The van der Waals surface area contributed by atoms with Gasteiger partial charge in [0.1, 0.15) is 34.3 Å². The second-order valence-corrected chi connectivity index (χ2v) is 19.8. The maximum absolute atomic E-state index is 14.8. The fraction of sp³-hybridized carbons (Fsp3) is 0.634. The Morgan fingerprint density at radius 2 is 1.87 bits per heavy atom. The Morgan fingerprint density at radius 3 is 2.58 bits per heavy atom. The largest absolute Gasteiger partial charge is 0.497 e. The van der Waals surface area contributed by atoms with Gasteiger partial charge >= 0.3 is 5.97 Å². The van der Waals surface area contributed by atoms with Crippen LogP contribution in [0.3, 0.4) is 0 Å². The average Bonchev–Trinajstić information content (AvgIpc) is 4.01. The van der Waals surface area contributed by atoms with Crippen molar-refractivity contribution < 1.29 is 41.8 Å². The molecule has 55 heavy (non-hydrogen) atoms. The summed E-state index contributed by atoms with van der Waals surface area (Å²) in [5.74, 6) is -2.04. The summed E-state index contributed by atoms with van der Waals surface area (Å²) in [5.41, 5.74) is -0.730. The summed E-state index contributed by atoms with van der Waals surface area (Å²) in [6, 6.07) is 4.66. The topological polar surface area (TPSA) is 170 Å². The second-order valence-electron chi connectivity index (χ2n) is 17.6. The number of amides is 3. The molecule has 1 aromatic heterocycles. The zero-order valence-corrected chi connectivity index (χ0v) is 33.6. The normalized spacial score (nSPS) is 29.7. The summed E-state index contributed by atoms with van der Waals surface area (Å²) in [4.78, 5) is 63.0. The van der Waals surface area contributed by atoms with Crippen molar-refractivity contribution in [1.29, 1.82) is 0 Å². The third-order valence-corrected chi connectivity index (χ3v) is 14.3. The number of carbonyl (C=O) groups is 4. The first-order chi connectivity index (χ1) is 25.9. The van der Waals surface area contributed by atoms with Crippen molar-refractivity contribution in [3.63, 3.8) is 0 Å². The van der Waals surface area contributed by atoms with Gasteiger partial charge in [0.05, 0.1) is 36.0 Å². The molecule has 5 aliphatic rings. The summed E-state index contributed by atoms with van der Waals surface area (Å²) in [6.45, 7) is 8.91. The van der Waals surface area contributed by atoms with Crippen LogP contribution in [-0.4, -0.2) is 83.2 Å². The van der Waals surface area contributed by atoms with E-state index in [-0.39, 0.29) is 31.7 Å². The molecule has 1 saturated heterocycles.